The van der Waals surface area contributed by atoms with Crippen LogP contribution in [0.4, 0.5) is 0 Å². The van der Waals surface area contributed by atoms with Crippen LogP contribution in [0.2, 0.25) is 0 Å². The lowest BCUT2D eigenvalue weighted by molar-refractivity contribution is 0.694. The average Bonchev–Trinajstić information content (AvgIpc) is 2.88. The molecular formula is C34H40P2. The van der Waals surface area contributed by atoms with Gasteiger partial charge in [0.05, 0.1) is 0 Å². The molecule has 0 fully saturated rings. The highest BCUT2D eigenvalue weighted by molar-refractivity contribution is 7.89. The van der Waals surface area contributed by atoms with Crippen LogP contribution in [-0.2, 0) is 0 Å². The summed E-state index contributed by atoms with van der Waals surface area (Å²) < 4.78 is 0. The molecular weight excluding hydrogens is 470 g/mol. The van der Waals surface area contributed by atoms with Gasteiger partial charge in [0.25, 0.3) is 0 Å². The first-order valence-corrected chi connectivity index (χ1v) is 16.2. The van der Waals surface area contributed by atoms with E-state index in [1.807, 2.05) is 0 Å². The molecule has 36 heavy (non-hydrogen) atoms. The molecule has 0 heterocycles. The van der Waals surface area contributed by atoms with E-state index in [1.165, 1.54) is 47.9 Å². The first-order chi connectivity index (χ1) is 17.5. The van der Waals surface area contributed by atoms with Crippen molar-refractivity contribution in [3.05, 3.63) is 119 Å². The first kappa shape index (κ1) is 26.8. The fourth-order valence-electron chi connectivity index (χ4n) is 5.19. The van der Waals surface area contributed by atoms with Crippen molar-refractivity contribution in [2.45, 2.75) is 65.7 Å². The summed E-state index contributed by atoms with van der Waals surface area (Å²) in [4.78, 5) is 0. The van der Waals surface area contributed by atoms with Crippen LogP contribution >= 0.6 is 15.8 Å². The highest BCUT2D eigenvalue weighted by atomic mass is 31.2. The number of hydrogen-bond acceptors (Lipinski definition) is 0. The Bertz CT molecular complexity index is 1090. The Morgan fingerprint density at radius 3 is 1.06 bits per heavy atom. The molecule has 0 saturated heterocycles. The largest absolute Gasteiger partial charge is 0.0654 e. The molecule has 0 radical (unpaired) electrons. The van der Waals surface area contributed by atoms with Gasteiger partial charge in [-0.3, -0.25) is 0 Å². The van der Waals surface area contributed by atoms with Crippen molar-refractivity contribution < 1.29 is 0 Å². The molecule has 0 nitrogen and oxygen atoms in total. The third-order valence-corrected chi connectivity index (χ3v) is 14.3. The Morgan fingerprint density at radius 2 is 0.778 bits per heavy atom. The van der Waals surface area contributed by atoms with Crippen LogP contribution < -0.4 is 21.2 Å². The molecule has 0 bridgehead atoms. The molecule has 0 aromatic heterocycles. The second-order valence-corrected chi connectivity index (χ2v) is 14.9. The predicted molar refractivity (Wildman–Crippen MR) is 165 cm³/mol. The molecule has 186 valence electrons. The van der Waals surface area contributed by atoms with Crippen molar-refractivity contribution in [2.75, 3.05) is 0 Å². The summed E-state index contributed by atoms with van der Waals surface area (Å²) in [6.45, 7) is 11.6. The fraction of sp³-hybridized carbons (Fsp3) is 0.294. The number of benzene rings is 4. The van der Waals surface area contributed by atoms with E-state index in [4.69, 9.17) is 0 Å². The van der Waals surface area contributed by atoms with Crippen LogP contribution in [0.3, 0.4) is 0 Å². The van der Waals surface area contributed by atoms with Crippen LogP contribution in [0.5, 0.6) is 0 Å². The molecule has 0 spiro atoms. The molecule has 0 atom stereocenters. The summed E-state index contributed by atoms with van der Waals surface area (Å²) in [5, 5.41) is 6.79. The van der Waals surface area contributed by atoms with Crippen molar-refractivity contribution in [1.29, 1.82) is 0 Å². The monoisotopic (exact) mass is 510 g/mol. The topological polar surface area (TPSA) is 0 Å². The highest BCUT2D eigenvalue weighted by Crippen LogP contribution is 2.59. The van der Waals surface area contributed by atoms with Gasteiger partial charge in [-0.05, 0) is 93.4 Å². The van der Waals surface area contributed by atoms with Gasteiger partial charge < -0.3 is 0 Å². The van der Waals surface area contributed by atoms with E-state index in [2.05, 4.69) is 132 Å². The fourth-order valence-corrected chi connectivity index (χ4v) is 13.1. The normalized spacial score (nSPS) is 11.6. The van der Waals surface area contributed by atoms with E-state index in [1.54, 1.807) is 21.2 Å². The van der Waals surface area contributed by atoms with Crippen LogP contribution in [0.15, 0.2) is 97.1 Å². The zero-order valence-electron chi connectivity index (χ0n) is 22.5. The van der Waals surface area contributed by atoms with Crippen LogP contribution in [0.25, 0.3) is 0 Å². The highest BCUT2D eigenvalue weighted by Gasteiger charge is 2.35. The lowest BCUT2D eigenvalue weighted by Gasteiger charge is -2.38. The zero-order valence-corrected chi connectivity index (χ0v) is 24.3. The molecule has 0 aliphatic rings. The minimum atomic E-state index is -0.555. The van der Waals surface area contributed by atoms with E-state index in [9.17, 15) is 0 Å². The molecule has 0 N–H and O–H groups in total. The van der Waals surface area contributed by atoms with Gasteiger partial charge in [0.1, 0.15) is 0 Å². The Balaban J connectivity index is 2.01. The molecule has 0 unspecified atom stereocenters. The molecule has 2 heteroatoms. The lowest BCUT2D eigenvalue weighted by atomic mass is 10.2. The standard InChI is InChI=1S/C34H40P2/c1-6-7-8-25-34(35(30-21-13-9-17-26(30)2)31-22-14-10-18-27(31)3)36(32-23-15-11-19-28(32)4)33-24-16-12-20-29(33)5/h9-24,34H,6-8,25H2,1-5H3. The summed E-state index contributed by atoms with van der Waals surface area (Å²) in [7, 11) is -1.11. The second kappa shape index (κ2) is 12.8. The Morgan fingerprint density at radius 1 is 0.472 bits per heavy atom. The summed E-state index contributed by atoms with van der Waals surface area (Å²) in [5.41, 5.74) is 5.71. The maximum Gasteiger partial charge on any atom is 0.0155 e. The maximum absolute atomic E-state index is 2.42. The van der Waals surface area contributed by atoms with Gasteiger partial charge in [-0.2, -0.15) is 0 Å². The molecule has 4 aromatic rings. The number of hydrogen-bond donors (Lipinski definition) is 0. The molecule has 0 aliphatic heterocycles. The van der Waals surface area contributed by atoms with Crippen molar-refractivity contribution in [3.63, 3.8) is 0 Å². The Labute approximate surface area is 221 Å². The SMILES string of the molecule is CCCCCC(P(c1ccccc1C)c1ccccc1C)P(c1ccccc1C)c1ccccc1C. The van der Waals surface area contributed by atoms with Gasteiger partial charge in [-0.15, -0.1) is 0 Å². The Kier molecular flexibility index (Phi) is 9.53. The zero-order chi connectivity index (χ0) is 25.5. The van der Waals surface area contributed by atoms with Crippen LogP contribution in [-0.4, -0.2) is 5.40 Å². The van der Waals surface area contributed by atoms with Crippen molar-refractivity contribution >= 4 is 37.1 Å². The van der Waals surface area contributed by atoms with Gasteiger partial charge >= 0.3 is 0 Å². The van der Waals surface area contributed by atoms with Gasteiger partial charge in [0.15, 0.2) is 0 Å². The van der Waals surface area contributed by atoms with E-state index >= 15 is 0 Å². The van der Waals surface area contributed by atoms with Crippen molar-refractivity contribution in [2.24, 2.45) is 0 Å². The predicted octanol–water partition coefficient (Wildman–Crippen LogP) is 8.39. The Hall–Kier alpha value is -2.26. The third-order valence-electron chi connectivity index (χ3n) is 7.16. The number of unbranched alkanes of at least 4 members (excludes halogenated alkanes) is 2. The van der Waals surface area contributed by atoms with Gasteiger partial charge in [-0.1, -0.05) is 123 Å². The smallest absolute Gasteiger partial charge is 0.0155 e. The quantitative estimate of drug-likeness (QED) is 0.148. The molecule has 0 aliphatic carbocycles. The van der Waals surface area contributed by atoms with E-state index < -0.39 is 15.8 Å². The molecule has 4 aromatic carbocycles. The van der Waals surface area contributed by atoms with Crippen LogP contribution in [0, 0.1) is 27.7 Å². The first-order valence-electron chi connectivity index (χ1n) is 13.3. The van der Waals surface area contributed by atoms with Gasteiger partial charge in [0, 0.05) is 5.40 Å². The minimum Gasteiger partial charge on any atom is -0.0654 e. The van der Waals surface area contributed by atoms with E-state index in [-0.39, 0.29) is 0 Å². The average molecular weight is 511 g/mol. The van der Waals surface area contributed by atoms with Gasteiger partial charge in [0.2, 0.25) is 0 Å². The van der Waals surface area contributed by atoms with Crippen molar-refractivity contribution in [1.82, 2.24) is 0 Å². The van der Waals surface area contributed by atoms with E-state index in [0.29, 0.717) is 5.40 Å². The van der Waals surface area contributed by atoms with Crippen LogP contribution in [0.1, 0.15) is 54.9 Å². The molecule has 4 rings (SSSR count). The third kappa shape index (κ3) is 5.99. The lowest BCUT2D eigenvalue weighted by Crippen LogP contribution is -2.30. The summed E-state index contributed by atoms with van der Waals surface area (Å²) in [6, 6.07) is 36.7. The summed E-state index contributed by atoms with van der Waals surface area (Å²) in [6.07, 6.45) is 5.10. The molecule has 0 amide bonds. The minimum absolute atomic E-state index is 0.555. The molecule has 0 saturated carbocycles. The summed E-state index contributed by atoms with van der Waals surface area (Å²) >= 11 is 0. The van der Waals surface area contributed by atoms with Gasteiger partial charge in [-0.25, -0.2) is 0 Å². The number of aryl methyl sites for hydroxylation is 4. The van der Waals surface area contributed by atoms with E-state index in [0.717, 1.165) is 0 Å². The second-order valence-electron chi connectivity index (χ2n) is 9.86. The number of rotatable bonds is 10. The van der Waals surface area contributed by atoms with Crippen molar-refractivity contribution in [3.8, 4) is 0 Å². The maximum atomic E-state index is 2.42. The summed E-state index contributed by atoms with van der Waals surface area (Å²) in [5.74, 6) is 0.